The number of hydrogen-bond acceptors (Lipinski definition) is 6. The first-order valence-corrected chi connectivity index (χ1v) is 12.0. The molecule has 1 aromatic rings. The highest BCUT2D eigenvalue weighted by Gasteiger charge is 2.51. The lowest BCUT2D eigenvalue weighted by molar-refractivity contribution is -0.147. The van der Waals surface area contributed by atoms with Crippen molar-refractivity contribution in [3.05, 3.63) is 35.9 Å². The van der Waals surface area contributed by atoms with Gasteiger partial charge < -0.3 is 19.1 Å². The van der Waals surface area contributed by atoms with Crippen LogP contribution in [0, 0.1) is 11.3 Å². The average Bonchev–Trinajstić information content (AvgIpc) is 3.09. The Morgan fingerprint density at radius 2 is 1.62 bits per heavy atom. The van der Waals surface area contributed by atoms with Gasteiger partial charge in [0.15, 0.2) is 6.23 Å². The van der Waals surface area contributed by atoms with Gasteiger partial charge in [-0.3, -0.25) is 4.90 Å². The van der Waals surface area contributed by atoms with Crippen LogP contribution >= 0.6 is 0 Å². The van der Waals surface area contributed by atoms with Crippen LogP contribution in [0.1, 0.15) is 66.4 Å². The molecule has 8 nitrogen and oxygen atoms in total. The third-order valence-corrected chi connectivity index (χ3v) is 6.07. The Morgan fingerprint density at radius 1 is 1.00 bits per heavy atom. The highest BCUT2D eigenvalue weighted by molar-refractivity contribution is 5.84. The second kappa shape index (κ2) is 10.2. The molecule has 2 fully saturated rings. The van der Waals surface area contributed by atoms with Crippen LogP contribution in [0.4, 0.5) is 9.59 Å². The molecule has 8 heteroatoms. The maximum Gasteiger partial charge on any atom is 0.413 e. The lowest BCUT2D eigenvalue weighted by Gasteiger charge is -2.36. The fourth-order valence-electron chi connectivity index (χ4n) is 4.34. The van der Waals surface area contributed by atoms with Gasteiger partial charge >= 0.3 is 18.2 Å². The van der Waals surface area contributed by atoms with Crippen molar-refractivity contribution in [1.29, 1.82) is 0 Å². The number of hydrogen-bond donors (Lipinski definition) is 0. The SMILES string of the molecule is CC(C)(C)OC(=O)N1CCC(C[C@H]2C(=O)O[C@@H](C(C)(C)C)N2C(=O)OCc2ccccc2)CC1. The fraction of sp³-hybridized carbons (Fsp3) is 0.654. The van der Waals surface area contributed by atoms with Crippen LogP contribution in [-0.4, -0.2) is 58.9 Å². The lowest BCUT2D eigenvalue weighted by Crippen LogP contribution is -2.49. The molecule has 188 valence electrons. The van der Waals surface area contributed by atoms with E-state index in [1.54, 1.807) is 4.90 Å². The molecule has 2 saturated heterocycles. The largest absolute Gasteiger partial charge is 0.444 e. The lowest BCUT2D eigenvalue weighted by atomic mass is 9.89. The summed E-state index contributed by atoms with van der Waals surface area (Å²) in [4.78, 5) is 41.6. The zero-order valence-electron chi connectivity index (χ0n) is 21.2. The zero-order chi connectivity index (χ0) is 25.1. The molecule has 2 aliphatic heterocycles. The third kappa shape index (κ3) is 6.64. The molecule has 0 aliphatic carbocycles. The number of carbonyl (C=O) groups excluding carboxylic acids is 3. The molecule has 0 N–H and O–H groups in total. The van der Waals surface area contributed by atoms with Crippen LogP contribution in [0.2, 0.25) is 0 Å². The van der Waals surface area contributed by atoms with Gasteiger partial charge in [0.25, 0.3) is 0 Å². The molecule has 0 saturated carbocycles. The number of benzene rings is 1. The number of amides is 2. The van der Waals surface area contributed by atoms with Crippen LogP contribution in [0.25, 0.3) is 0 Å². The van der Waals surface area contributed by atoms with Gasteiger partial charge in [-0.2, -0.15) is 0 Å². The molecule has 0 bridgehead atoms. The van der Waals surface area contributed by atoms with Crippen molar-refractivity contribution in [2.75, 3.05) is 13.1 Å². The number of likely N-dealkylation sites (tertiary alicyclic amines) is 1. The minimum Gasteiger partial charge on any atom is -0.444 e. The summed E-state index contributed by atoms with van der Waals surface area (Å²) in [5.41, 5.74) is -0.124. The molecule has 2 atom stereocenters. The third-order valence-electron chi connectivity index (χ3n) is 6.07. The number of nitrogens with zero attached hydrogens (tertiary/aromatic N) is 2. The smallest absolute Gasteiger partial charge is 0.413 e. The molecule has 0 unspecified atom stereocenters. The van der Waals surface area contributed by atoms with Gasteiger partial charge in [-0.05, 0) is 51.5 Å². The molecular formula is C26H38N2O6. The molecule has 0 aromatic heterocycles. The highest BCUT2D eigenvalue weighted by Crippen LogP contribution is 2.36. The number of cyclic esters (lactones) is 1. The molecule has 0 spiro atoms. The van der Waals surface area contributed by atoms with E-state index >= 15 is 0 Å². The molecule has 34 heavy (non-hydrogen) atoms. The number of carbonyl (C=O) groups is 3. The Kier molecular flexibility index (Phi) is 7.78. The number of piperidine rings is 1. The molecule has 2 aliphatic rings. The topological polar surface area (TPSA) is 85.4 Å². The van der Waals surface area contributed by atoms with E-state index in [0.717, 1.165) is 18.4 Å². The van der Waals surface area contributed by atoms with Crippen LogP contribution in [0.15, 0.2) is 30.3 Å². The van der Waals surface area contributed by atoms with E-state index in [1.807, 2.05) is 71.9 Å². The van der Waals surface area contributed by atoms with Crippen LogP contribution < -0.4 is 0 Å². The maximum atomic E-state index is 13.1. The van der Waals surface area contributed by atoms with Crippen molar-refractivity contribution in [1.82, 2.24) is 9.80 Å². The summed E-state index contributed by atoms with van der Waals surface area (Å²) < 4.78 is 16.7. The summed E-state index contributed by atoms with van der Waals surface area (Å²) in [5, 5.41) is 0. The first-order valence-electron chi connectivity index (χ1n) is 12.0. The molecule has 3 rings (SSSR count). The van der Waals surface area contributed by atoms with Crippen molar-refractivity contribution < 1.29 is 28.6 Å². The van der Waals surface area contributed by atoms with Crippen molar-refractivity contribution in [3.8, 4) is 0 Å². The molecular weight excluding hydrogens is 436 g/mol. The Labute approximate surface area is 202 Å². The fourth-order valence-corrected chi connectivity index (χ4v) is 4.34. The summed E-state index contributed by atoms with van der Waals surface area (Å²) in [7, 11) is 0. The van der Waals surface area contributed by atoms with Crippen molar-refractivity contribution in [2.45, 2.75) is 85.3 Å². The monoisotopic (exact) mass is 474 g/mol. The Balaban J connectivity index is 1.65. The Hall–Kier alpha value is -2.77. The zero-order valence-corrected chi connectivity index (χ0v) is 21.2. The van der Waals surface area contributed by atoms with Gasteiger partial charge in [-0.15, -0.1) is 0 Å². The van der Waals surface area contributed by atoms with Gasteiger partial charge in [0.2, 0.25) is 0 Å². The van der Waals surface area contributed by atoms with E-state index in [9.17, 15) is 14.4 Å². The predicted octanol–water partition coefficient (Wildman–Crippen LogP) is 4.96. The van der Waals surface area contributed by atoms with Gasteiger partial charge in [0, 0.05) is 18.5 Å². The van der Waals surface area contributed by atoms with Crippen molar-refractivity contribution in [3.63, 3.8) is 0 Å². The van der Waals surface area contributed by atoms with Crippen LogP contribution in [-0.2, 0) is 25.6 Å². The first-order chi connectivity index (χ1) is 15.8. The van der Waals surface area contributed by atoms with Crippen molar-refractivity contribution >= 4 is 18.2 Å². The van der Waals surface area contributed by atoms with Crippen LogP contribution in [0.5, 0.6) is 0 Å². The summed E-state index contributed by atoms with van der Waals surface area (Å²) in [6.45, 7) is 12.6. The molecule has 2 amide bonds. The van der Waals surface area contributed by atoms with Gasteiger partial charge in [-0.1, -0.05) is 51.1 Å². The van der Waals surface area contributed by atoms with Gasteiger partial charge in [-0.25, -0.2) is 14.4 Å². The second-order valence-corrected chi connectivity index (χ2v) is 11.3. The minimum atomic E-state index is -0.703. The standard InChI is InChI=1S/C26H38N2O6/c1-25(2,3)22-28(24(31)32-17-19-10-8-7-9-11-19)20(21(29)33-22)16-18-12-14-27(15-13-18)23(30)34-26(4,5)6/h7-11,18,20,22H,12-17H2,1-6H3/t20-,22-/m0/s1. The predicted molar refractivity (Wildman–Crippen MR) is 127 cm³/mol. The van der Waals surface area contributed by atoms with Crippen molar-refractivity contribution in [2.24, 2.45) is 11.3 Å². The quantitative estimate of drug-likeness (QED) is 0.453. The average molecular weight is 475 g/mol. The number of ether oxygens (including phenoxy) is 3. The van der Waals surface area contributed by atoms with E-state index in [-0.39, 0.29) is 18.6 Å². The molecule has 0 radical (unpaired) electrons. The van der Waals surface area contributed by atoms with E-state index in [1.165, 1.54) is 4.90 Å². The van der Waals surface area contributed by atoms with E-state index in [4.69, 9.17) is 14.2 Å². The maximum absolute atomic E-state index is 13.1. The minimum absolute atomic E-state index is 0.127. The van der Waals surface area contributed by atoms with E-state index < -0.39 is 35.3 Å². The Morgan fingerprint density at radius 3 is 2.18 bits per heavy atom. The summed E-state index contributed by atoms with van der Waals surface area (Å²) in [5.74, 6) is -0.217. The summed E-state index contributed by atoms with van der Waals surface area (Å²) in [6, 6.07) is 8.74. The molecule has 2 heterocycles. The number of esters is 1. The van der Waals surface area contributed by atoms with E-state index in [2.05, 4.69) is 0 Å². The van der Waals surface area contributed by atoms with Crippen LogP contribution in [0.3, 0.4) is 0 Å². The Bertz CT molecular complexity index is 866. The summed E-state index contributed by atoms with van der Waals surface area (Å²) in [6.07, 6.45) is 0.381. The molecule has 1 aromatic carbocycles. The highest BCUT2D eigenvalue weighted by atomic mass is 16.6. The van der Waals surface area contributed by atoms with E-state index in [0.29, 0.717) is 19.5 Å². The van der Waals surface area contributed by atoms with Gasteiger partial charge in [0.05, 0.1) is 0 Å². The van der Waals surface area contributed by atoms with Gasteiger partial charge in [0.1, 0.15) is 18.2 Å². The number of rotatable bonds is 4. The second-order valence-electron chi connectivity index (χ2n) is 11.3. The normalized spacial score (nSPS) is 21.9. The first kappa shape index (κ1) is 25.8. The summed E-state index contributed by atoms with van der Waals surface area (Å²) >= 11 is 0.